The summed E-state index contributed by atoms with van der Waals surface area (Å²) in [6.07, 6.45) is -10.3. The molecule has 0 bridgehead atoms. The minimum Gasteiger partial charge on any atom is -0.370 e. The number of nitrogens with one attached hydrogen (secondary N) is 1. The van der Waals surface area contributed by atoms with Gasteiger partial charge in [0.2, 0.25) is 5.91 Å². The molecule has 4 rings (SSSR count). The van der Waals surface area contributed by atoms with Crippen molar-refractivity contribution < 1.29 is 40.3 Å². The number of hydrogen-bond donors (Lipinski definition) is 2. The fourth-order valence-electron chi connectivity index (χ4n) is 5.49. The average Bonchev–Trinajstić information content (AvgIpc) is 3.32. The largest absolute Gasteiger partial charge is 0.416 e. The third kappa shape index (κ3) is 5.77. The van der Waals surface area contributed by atoms with Crippen molar-refractivity contribution in [3.05, 3.63) is 70.5 Å². The van der Waals surface area contributed by atoms with Crippen LogP contribution in [0.15, 0.2) is 42.5 Å². The molecular formula is C26H27F7N2O2. The van der Waals surface area contributed by atoms with E-state index in [9.17, 15) is 35.5 Å². The quantitative estimate of drug-likeness (QED) is 0.457. The Morgan fingerprint density at radius 1 is 1.00 bits per heavy atom. The number of hydrogen-bond acceptors (Lipinski definition) is 3. The summed E-state index contributed by atoms with van der Waals surface area (Å²) in [7, 11) is 0. The third-order valence-corrected chi connectivity index (χ3v) is 7.36. The summed E-state index contributed by atoms with van der Waals surface area (Å²) in [4.78, 5) is 12.3. The highest BCUT2D eigenvalue weighted by molar-refractivity contribution is 5.88. The third-order valence-electron chi connectivity index (χ3n) is 7.36. The number of carbonyl (C=O) groups excluding carboxylic acids is 1. The number of alkyl halides is 6. The van der Waals surface area contributed by atoms with Crippen LogP contribution in [-0.4, -0.2) is 23.6 Å². The van der Waals surface area contributed by atoms with Crippen LogP contribution in [0.1, 0.15) is 67.4 Å². The summed E-state index contributed by atoms with van der Waals surface area (Å²) in [5.41, 5.74) is 2.63. The van der Waals surface area contributed by atoms with Crippen LogP contribution in [0.4, 0.5) is 30.7 Å². The number of nitrogens with two attached hydrogens (primary N) is 1. The maximum atomic E-state index is 13.6. The van der Waals surface area contributed by atoms with Gasteiger partial charge in [-0.25, -0.2) is 4.39 Å². The second kappa shape index (κ2) is 9.58. The summed E-state index contributed by atoms with van der Waals surface area (Å²) in [6, 6.07) is 6.78. The van der Waals surface area contributed by atoms with E-state index in [1.165, 1.54) is 19.1 Å². The number of carbonyl (C=O) groups is 1. The molecule has 2 fully saturated rings. The van der Waals surface area contributed by atoms with Crippen molar-refractivity contribution >= 4 is 5.91 Å². The van der Waals surface area contributed by atoms with E-state index in [1.807, 2.05) is 0 Å². The van der Waals surface area contributed by atoms with Crippen LogP contribution >= 0.6 is 0 Å². The van der Waals surface area contributed by atoms with Crippen molar-refractivity contribution in [3.8, 4) is 0 Å². The van der Waals surface area contributed by atoms with Gasteiger partial charge in [-0.2, -0.15) is 26.3 Å². The van der Waals surface area contributed by atoms with Crippen LogP contribution in [0.5, 0.6) is 0 Å². The lowest BCUT2D eigenvalue weighted by Gasteiger charge is -2.31. The standard InChI is InChI=1S/C26H27F7N2O2/c1-13(15-9-16(25(28,29)30)11-17(10-15)26(31,32)33)37-21-8-7-19(20-12-24(2,34)23(36)35-20)22(21)14-3-5-18(27)6-4-14/h3-6,9-11,13,19-22H,7-8,12,34H2,1-2H3,(H,35,36)/t13-,19+,20-,21+,22+,24+/m1/s1. The SMILES string of the molecule is C[C@@H](O[C@H]1CC[C@@H]([C@H]2C[C@](C)(N)C(=O)N2)[C@@H]1c1ccc(F)cc1)c1cc(C(F)(F)F)cc(C(F)(F)F)c1. The van der Waals surface area contributed by atoms with Crippen molar-refractivity contribution in [2.45, 2.75) is 75.2 Å². The molecule has 1 heterocycles. The molecule has 0 unspecified atom stereocenters. The summed E-state index contributed by atoms with van der Waals surface area (Å²) in [5.74, 6) is -1.34. The Morgan fingerprint density at radius 2 is 1.57 bits per heavy atom. The maximum Gasteiger partial charge on any atom is 0.416 e. The summed E-state index contributed by atoms with van der Waals surface area (Å²) in [6.45, 7) is 3.02. The van der Waals surface area contributed by atoms with Gasteiger partial charge in [0.05, 0.1) is 28.9 Å². The van der Waals surface area contributed by atoms with E-state index in [-0.39, 0.29) is 29.5 Å². The first-order valence-corrected chi connectivity index (χ1v) is 11.9. The molecule has 3 N–H and O–H groups in total. The Kier molecular flexibility index (Phi) is 7.09. The molecule has 202 valence electrons. The Labute approximate surface area is 209 Å². The van der Waals surface area contributed by atoms with Crippen LogP contribution in [-0.2, 0) is 21.9 Å². The highest BCUT2D eigenvalue weighted by Gasteiger charge is 2.49. The van der Waals surface area contributed by atoms with E-state index in [4.69, 9.17) is 10.5 Å². The van der Waals surface area contributed by atoms with Crippen LogP contribution < -0.4 is 11.1 Å². The number of halogens is 7. The maximum absolute atomic E-state index is 13.6. The zero-order valence-electron chi connectivity index (χ0n) is 20.1. The molecule has 0 spiro atoms. The predicted molar refractivity (Wildman–Crippen MR) is 121 cm³/mol. The van der Waals surface area contributed by atoms with Crippen molar-refractivity contribution in [2.75, 3.05) is 0 Å². The zero-order valence-corrected chi connectivity index (χ0v) is 20.1. The molecule has 4 nitrogen and oxygen atoms in total. The van der Waals surface area contributed by atoms with Gasteiger partial charge in [0, 0.05) is 12.0 Å². The highest BCUT2D eigenvalue weighted by atomic mass is 19.4. The Balaban J connectivity index is 1.65. The Bertz CT molecular complexity index is 1110. The van der Waals surface area contributed by atoms with Gasteiger partial charge in [0.25, 0.3) is 0 Å². The van der Waals surface area contributed by atoms with Gasteiger partial charge in [-0.3, -0.25) is 4.79 Å². The van der Waals surface area contributed by atoms with Gasteiger partial charge in [-0.15, -0.1) is 0 Å². The molecule has 11 heteroatoms. The normalized spacial score (nSPS) is 29.4. The van der Waals surface area contributed by atoms with Crippen molar-refractivity contribution in [2.24, 2.45) is 11.7 Å². The molecule has 1 aliphatic heterocycles. The smallest absolute Gasteiger partial charge is 0.370 e. The van der Waals surface area contributed by atoms with Crippen molar-refractivity contribution in [3.63, 3.8) is 0 Å². The lowest BCUT2D eigenvalue weighted by molar-refractivity contribution is -0.143. The highest BCUT2D eigenvalue weighted by Crippen LogP contribution is 2.47. The minimum atomic E-state index is -4.97. The molecule has 1 saturated heterocycles. The first kappa shape index (κ1) is 27.4. The van der Waals surface area contributed by atoms with Gasteiger partial charge in [-0.1, -0.05) is 12.1 Å². The van der Waals surface area contributed by atoms with E-state index in [0.29, 0.717) is 37.0 Å². The lowest BCUT2D eigenvalue weighted by Crippen LogP contribution is -2.43. The van der Waals surface area contributed by atoms with Gasteiger partial charge in [0.15, 0.2) is 0 Å². The molecule has 1 saturated carbocycles. The van der Waals surface area contributed by atoms with E-state index < -0.39 is 53.0 Å². The molecule has 0 radical (unpaired) electrons. The van der Waals surface area contributed by atoms with Crippen LogP contribution in [0.2, 0.25) is 0 Å². The molecule has 1 aliphatic carbocycles. The Hall–Kier alpha value is -2.66. The second-order valence-corrected chi connectivity index (χ2v) is 10.2. The summed E-state index contributed by atoms with van der Waals surface area (Å²) in [5, 5.41) is 2.91. The van der Waals surface area contributed by atoms with E-state index in [1.54, 1.807) is 19.1 Å². The predicted octanol–water partition coefficient (Wildman–Crippen LogP) is 6.11. The van der Waals surface area contributed by atoms with Gasteiger partial charge >= 0.3 is 12.4 Å². The molecule has 1 amide bonds. The molecule has 0 aromatic heterocycles. The van der Waals surface area contributed by atoms with E-state index in [2.05, 4.69) is 5.32 Å². The molecule has 2 aromatic carbocycles. The zero-order chi connectivity index (χ0) is 27.3. The summed E-state index contributed by atoms with van der Waals surface area (Å²) >= 11 is 0. The van der Waals surface area contributed by atoms with Crippen LogP contribution in [0.25, 0.3) is 0 Å². The molecule has 2 aromatic rings. The average molecular weight is 533 g/mol. The van der Waals surface area contributed by atoms with Crippen molar-refractivity contribution in [1.29, 1.82) is 0 Å². The molecular weight excluding hydrogens is 505 g/mol. The number of rotatable bonds is 5. The Morgan fingerprint density at radius 3 is 2.05 bits per heavy atom. The van der Waals surface area contributed by atoms with E-state index >= 15 is 0 Å². The molecule has 37 heavy (non-hydrogen) atoms. The van der Waals surface area contributed by atoms with Gasteiger partial charge in [-0.05, 0) is 80.5 Å². The summed E-state index contributed by atoms with van der Waals surface area (Å²) < 4.78 is 99.9. The molecule has 6 atom stereocenters. The van der Waals surface area contributed by atoms with Gasteiger partial charge < -0.3 is 15.8 Å². The second-order valence-electron chi connectivity index (χ2n) is 10.2. The van der Waals surface area contributed by atoms with Crippen LogP contribution in [0.3, 0.4) is 0 Å². The number of ether oxygens (including phenoxy) is 1. The van der Waals surface area contributed by atoms with Crippen LogP contribution in [0, 0.1) is 11.7 Å². The topological polar surface area (TPSA) is 64.3 Å². The van der Waals surface area contributed by atoms with Crippen molar-refractivity contribution in [1.82, 2.24) is 5.32 Å². The lowest BCUT2D eigenvalue weighted by atomic mass is 9.81. The van der Waals surface area contributed by atoms with E-state index in [0.717, 1.165) is 0 Å². The fourth-order valence-corrected chi connectivity index (χ4v) is 5.49. The molecule has 2 aliphatic rings. The monoisotopic (exact) mass is 532 g/mol. The number of amides is 1. The fraction of sp³-hybridized carbons (Fsp3) is 0.500. The first-order valence-electron chi connectivity index (χ1n) is 11.9. The number of benzene rings is 2. The minimum absolute atomic E-state index is 0.0791. The first-order chi connectivity index (χ1) is 17.1. The van der Waals surface area contributed by atoms with Gasteiger partial charge in [0.1, 0.15) is 5.82 Å².